The molecular formula is C13H9FN5O2S-. The molecule has 7 nitrogen and oxygen atoms in total. The third kappa shape index (κ3) is 2.93. The van der Waals surface area contributed by atoms with E-state index in [0.717, 1.165) is 12.1 Å². The number of aromatic nitrogens is 4. The lowest BCUT2D eigenvalue weighted by molar-refractivity contribution is 0.597. The summed E-state index contributed by atoms with van der Waals surface area (Å²) in [5, 5.41) is 13.4. The van der Waals surface area contributed by atoms with Crippen molar-refractivity contribution in [1.82, 2.24) is 20.6 Å². The van der Waals surface area contributed by atoms with Crippen LogP contribution in [0.25, 0.3) is 16.1 Å². The quantitative estimate of drug-likeness (QED) is 0.795. The molecular weight excluding hydrogens is 309 g/mol. The molecule has 3 aromatic rings. The van der Waals surface area contributed by atoms with Gasteiger partial charge in [0.2, 0.25) is 5.82 Å². The van der Waals surface area contributed by atoms with Crippen LogP contribution in [0.15, 0.2) is 53.4 Å². The Balaban J connectivity index is 1.91. The van der Waals surface area contributed by atoms with Crippen LogP contribution in [0.1, 0.15) is 0 Å². The first-order valence-corrected chi connectivity index (χ1v) is 7.56. The van der Waals surface area contributed by atoms with Crippen LogP contribution in [0.3, 0.4) is 0 Å². The van der Waals surface area contributed by atoms with Gasteiger partial charge in [-0.25, -0.2) is 12.8 Å². The van der Waals surface area contributed by atoms with Crippen LogP contribution in [0, 0.1) is 5.82 Å². The first-order valence-electron chi connectivity index (χ1n) is 6.12. The largest absolute Gasteiger partial charge is 0.573 e. The number of nitrogens with zero attached hydrogens (tertiary/aromatic N) is 4. The molecule has 0 unspecified atom stereocenters. The highest BCUT2D eigenvalue weighted by atomic mass is 32.2. The number of hydrogen-bond donors (Lipinski definition) is 1. The zero-order valence-corrected chi connectivity index (χ0v) is 11.8. The molecule has 9 heteroatoms. The SMILES string of the molecule is O=S(=O)([N-]c1cccc(-c2nn[nH]n2)c1)c1cccc(F)c1. The third-order valence-corrected chi connectivity index (χ3v) is 4.07. The topological polar surface area (TPSA) is 103 Å². The third-order valence-electron chi connectivity index (χ3n) is 2.77. The average molecular weight is 318 g/mol. The Morgan fingerprint density at radius 3 is 2.64 bits per heavy atom. The maximum atomic E-state index is 13.2. The van der Waals surface area contributed by atoms with E-state index < -0.39 is 15.8 Å². The number of aromatic amines is 1. The summed E-state index contributed by atoms with van der Waals surface area (Å²) in [6, 6.07) is 11.0. The second kappa shape index (κ2) is 5.53. The molecule has 0 saturated carbocycles. The van der Waals surface area contributed by atoms with E-state index >= 15 is 0 Å². The van der Waals surface area contributed by atoms with Gasteiger partial charge in [0.25, 0.3) is 0 Å². The second-order valence-corrected chi connectivity index (χ2v) is 5.91. The fourth-order valence-corrected chi connectivity index (χ4v) is 2.81. The summed E-state index contributed by atoms with van der Waals surface area (Å²) >= 11 is 0. The van der Waals surface area contributed by atoms with Gasteiger partial charge in [0.05, 0.1) is 4.90 Å². The van der Waals surface area contributed by atoms with Crippen molar-refractivity contribution in [1.29, 1.82) is 0 Å². The number of tetrazole rings is 1. The summed E-state index contributed by atoms with van der Waals surface area (Å²) in [7, 11) is -4.00. The molecule has 112 valence electrons. The van der Waals surface area contributed by atoms with Crippen molar-refractivity contribution >= 4 is 15.7 Å². The minimum atomic E-state index is -4.00. The summed E-state index contributed by atoms with van der Waals surface area (Å²) in [6.45, 7) is 0. The Morgan fingerprint density at radius 1 is 1.09 bits per heavy atom. The molecule has 0 spiro atoms. The molecule has 22 heavy (non-hydrogen) atoms. The highest BCUT2D eigenvalue weighted by Crippen LogP contribution is 2.30. The molecule has 3 rings (SSSR count). The Labute approximate surface area is 125 Å². The lowest BCUT2D eigenvalue weighted by Crippen LogP contribution is -1.98. The summed E-state index contributed by atoms with van der Waals surface area (Å²) in [5.41, 5.74) is 0.746. The number of H-pyrrole nitrogens is 1. The van der Waals surface area contributed by atoms with Crippen molar-refractivity contribution in [2.45, 2.75) is 4.90 Å². The molecule has 0 saturated heterocycles. The molecule has 0 aliphatic carbocycles. The number of rotatable bonds is 4. The second-order valence-electron chi connectivity index (χ2n) is 4.31. The Bertz CT molecular complexity index is 896. The fourth-order valence-electron chi connectivity index (χ4n) is 1.80. The minimum Gasteiger partial charge on any atom is -0.573 e. The molecule has 1 N–H and O–H groups in total. The zero-order chi connectivity index (χ0) is 15.6. The summed E-state index contributed by atoms with van der Waals surface area (Å²) in [4.78, 5) is -0.211. The van der Waals surface area contributed by atoms with Gasteiger partial charge in [-0.1, -0.05) is 30.3 Å². The standard InChI is InChI=1S/C13H9FN5O2S/c14-10-4-2-6-12(8-10)22(20,21)17-11-5-1-3-9(7-11)13-15-18-19-16-13/h1-8H,(H,15,16,18,19)/q-1. The smallest absolute Gasteiger partial charge is 0.204 e. The molecule has 0 radical (unpaired) electrons. The summed E-state index contributed by atoms with van der Waals surface area (Å²) < 4.78 is 41.2. The van der Waals surface area contributed by atoms with Gasteiger partial charge in [0.15, 0.2) is 0 Å². The Morgan fingerprint density at radius 2 is 1.91 bits per heavy atom. The number of halogens is 1. The van der Waals surface area contributed by atoms with E-state index in [1.54, 1.807) is 12.1 Å². The molecule has 1 heterocycles. The van der Waals surface area contributed by atoms with E-state index in [2.05, 4.69) is 25.3 Å². The van der Waals surface area contributed by atoms with E-state index in [-0.39, 0.29) is 10.6 Å². The molecule has 0 aliphatic rings. The molecule has 0 fully saturated rings. The predicted octanol–water partition coefficient (Wildman–Crippen LogP) is 2.40. The van der Waals surface area contributed by atoms with E-state index in [1.165, 1.54) is 24.3 Å². The van der Waals surface area contributed by atoms with Gasteiger partial charge in [-0.3, -0.25) is 0 Å². The van der Waals surface area contributed by atoms with E-state index in [9.17, 15) is 12.8 Å². The monoisotopic (exact) mass is 318 g/mol. The lowest BCUT2D eigenvalue weighted by Gasteiger charge is -2.22. The van der Waals surface area contributed by atoms with Gasteiger partial charge in [0, 0.05) is 5.56 Å². The molecule has 1 aromatic heterocycles. The van der Waals surface area contributed by atoms with Crippen LogP contribution in [0.4, 0.5) is 10.1 Å². The van der Waals surface area contributed by atoms with Gasteiger partial charge >= 0.3 is 0 Å². The zero-order valence-electron chi connectivity index (χ0n) is 11.0. The van der Waals surface area contributed by atoms with Crippen molar-refractivity contribution in [2.75, 3.05) is 0 Å². The molecule has 2 aromatic carbocycles. The fraction of sp³-hybridized carbons (Fsp3) is 0. The van der Waals surface area contributed by atoms with Gasteiger partial charge in [0.1, 0.15) is 15.8 Å². The summed E-state index contributed by atoms with van der Waals surface area (Å²) in [6.07, 6.45) is 0. The van der Waals surface area contributed by atoms with Crippen molar-refractivity contribution in [2.24, 2.45) is 0 Å². The van der Waals surface area contributed by atoms with Crippen LogP contribution in [0.2, 0.25) is 0 Å². The lowest BCUT2D eigenvalue weighted by atomic mass is 10.2. The van der Waals surface area contributed by atoms with Crippen LogP contribution in [-0.2, 0) is 10.0 Å². The molecule has 0 bridgehead atoms. The van der Waals surface area contributed by atoms with Crippen molar-refractivity contribution in [3.05, 3.63) is 59.1 Å². The first kappa shape index (κ1) is 14.1. The molecule has 0 atom stereocenters. The average Bonchev–Trinajstić information content (AvgIpc) is 3.01. The normalized spacial score (nSPS) is 11.3. The number of sulfonamides is 1. The van der Waals surface area contributed by atoms with E-state index in [4.69, 9.17) is 0 Å². The molecule has 0 amide bonds. The highest BCUT2D eigenvalue weighted by Gasteiger charge is 2.07. The van der Waals surface area contributed by atoms with Crippen LogP contribution in [0.5, 0.6) is 0 Å². The number of nitrogens with one attached hydrogen (secondary N) is 1. The molecule has 0 aliphatic heterocycles. The van der Waals surface area contributed by atoms with E-state index in [1.807, 2.05) is 0 Å². The predicted molar refractivity (Wildman–Crippen MR) is 76.2 cm³/mol. The highest BCUT2D eigenvalue weighted by molar-refractivity contribution is 7.94. The number of hydrogen-bond acceptors (Lipinski definition) is 5. The van der Waals surface area contributed by atoms with Gasteiger partial charge in [-0.05, 0) is 23.4 Å². The maximum Gasteiger partial charge on any atom is 0.204 e. The van der Waals surface area contributed by atoms with Crippen LogP contribution >= 0.6 is 0 Å². The van der Waals surface area contributed by atoms with Gasteiger partial charge in [-0.2, -0.15) is 5.21 Å². The minimum absolute atomic E-state index is 0.187. The van der Waals surface area contributed by atoms with Crippen molar-refractivity contribution in [3.8, 4) is 11.4 Å². The van der Waals surface area contributed by atoms with Crippen molar-refractivity contribution < 1.29 is 12.8 Å². The summed E-state index contributed by atoms with van der Waals surface area (Å²) in [5.74, 6) is -0.322. The van der Waals surface area contributed by atoms with Crippen LogP contribution in [-0.4, -0.2) is 29.0 Å². The first-order chi connectivity index (χ1) is 10.5. The maximum absolute atomic E-state index is 13.2. The Hall–Kier alpha value is -2.81. The van der Waals surface area contributed by atoms with Gasteiger partial charge in [-0.15, -0.1) is 15.9 Å². The Kier molecular flexibility index (Phi) is 3.55. The van der Waals surface area contributed by atoms with Gasteiger partial charge < -0.3 is 4.72 Å². The van der Waals surface area contributed by atoms with Crippen LogP contribution < -0.4 is 0 Å². The van der Waals surface area contributed by atoms with E-state index in [0.29, 0.717) is 11.4 Å². The van der Waals surface area contributed by atoms with Crippen molar-refractivity contribution in [3.63, 3.8) is 0 Å². The number of benzene rings is 2.